The molecule has 13 heavy (non-hydrogen) atoms. The lowest BCUT2D eigenvalue weighted by atomic mass is 10.0. The molecule has 0 N–H and O–H groups in total. The summed E-state index contributed by atoms with van der Waals surface area (Å²) in [5.41, 5.74) is 2.65. The lowest BCUT2D eigenvalue weighted by Gasteiger charge is -2.03. The highest BCUT2D eigenvalue weighted by Gasteiger charge is 1.97. The highest BCUT2D eigenvalue weighted by molar-refractivity contribution is 5.85. The predicted molar refractivity (Wildman–Crippen MR) is 55.9 cm³/mol. The van der Waals surface area contributed by atoms with Crippen molar-refractivity contribution in [2.45, 2.75) is 20.3 Å². The number of aryl methyl sites for hydroxylation is 2. The smallest absolute Gasteiger partial charge is 0.0346 e. The molecule has 1 aromatic heterocycles. The lowest BCUT2D eigenvalue weighted by Crippen LogP contribution is -1.84. The molecule has 0 bridgehead atoms. The second kappa shape index (κ2) is 3.17. The normalized spacial score (nSPS) is 10.6. The maximum atomic E-state index is 4.17. The Morgan fingerprint density at radius 3 is 2.85 bits per heavy atom. The fraction of sp³-hybridized carbons (Fsp3) is 0.250. The fourth-order valence-electron chi connectivity index (χ4n) is 1.58. The van der Waals surface area contributed by atoms with Crippen LogP contribution in [-0.2, 0) is 6.42 Å². The van der Waals surface area contributed by atoms with Crippen molar-refractivity contribution in [2.75, 3.05) is 0 Å². The summed E-state index contributed by atoms with van der Waals surface area (Å²) in [6.07, 6.45) is 4.93. The van der Waals surface area contributed by atoms with Crippen LogP contribution in [0.4, 0.5) is 0 Å². The first-order valence-corrected chi connectivity index (χ1v) is 4.64. The van der Waals surface area contributed by atoms with Crippen LogP contribution in [-0.4, -0.2) is 4.98 Å². The molecule has 1 heteroatoms. The first-order valence-electron chi connectivity index (χ1n) is 4.64. The molecule has 1 aromatic carbocycles. The molecule has 0 fully saturated rings. The molecule has 0 amide bonds. The quantitative estimate of drug-likeness (QED) is 0.642. The average Bonchev–Trinajstić information content (AvgIpc) is 2.18. The van der Waals surface area contributed by atoms with Crippen LogP contribution in [0, 0.1) is 6.92 Å². The van der Waals surface area contributed by atoms with E-state index < -0.39 is 0 Å². The molecule has 0 spiro atoms. The first kappa shape index (κ1) is 8.24. The molecule has 0 saturated heterocycles. The molecule has 0 aliphatic rings. The zero-order valence-electron chi connectivity index (χ0n) is 8.04. The van der Waals surface area contributed by atoms with Crippen molar-refractivity contribution in [1.29, 1.82) is 0 Å². The van der Waals surface area contributed by atoms with E-state index in [0.29, 0.717) is 0 Å². The molecule has 66 valence electrons. The molecule has 2 aromatic rings. The third-order valence-corrected chi connectivity index (χ3v) is 2.43. The molecule has 1 nitrogen and oxygen atoms in total. The number of nitrogens with zero attached hydrogens (tertiary/aromatic N) is 1. The standard InChI is InChI=1S/C12H13N/c1-3-10-4-5-11-8-13-7-9(2)12(11)6-10/h4-8H,3H2,1-2H3. The Labute approximate surface area is 78.4 Å². The van der Waals surface area contributed by atoms with Crippen LogP contribution < -0.4 is 0 Å². The molecule has 1 heterocycles. The molecule has 0 aliphatic heterocycles. The van der Waals surface area contributed by atoms with Crippen LogP contribution >= 0.6 is 0 Å². The minimum atomic E-state index is 1.09. The summed E-state index contributed by atoms with van der Waals surface area (Å²) >= 11 is 0. The van der Waals surface area contributed by atoms with E-state index in [9.17, 15) is 0 Å². The number of fused-ring (bicyclic) bond motifs is 1. The van der Waals surface area contributed by atoms with E-state index in [2.05, 4.69) is 37.0 Å². The number of rotatable bonds is 1. The Bertz CT molecular complexity index is 432. The van der Waals surface area contributed by atoms with Gasteiger partial charge in [0.15, 0.2) is 0 Å². The summed E-state index contributed by atoms with van der Waals surface area (Å²) < 4.78 is 0. The molecule has 2 rings (SSSR count). The largest absolute Gasteiger partial charge is 0.264 e. The monoisotopic (exact) mass is 171 g/mol. The molecular formula is C12H13N. The Morgan fingerprint density at radius 2 is 2.08 bits per heavy atom. The van der Waals surface area contributed by atoms with Gasteiger partial charge in [0.25, 0.3) is 0 Å². The van der Waals surface area contributed by atoms with Gasteiger partial charge in [-0.1, -0.05) is 25.1 Å². The average molecular weight is 171 g/mol. The Balaban J connectivity index is 2.74. The Morgan fingerprint density at radius 1 is 1.23 bits per heavy atom. The van der Waals surface area contributed by atoms with Crippen molar-refractivity contribution >= 4 is 10.8 Å². The van der Waals surface area contributed by atoms with E-state index in [1.807, 2.05) is 12.4 Å². The van der Waals surface area contributed by atoms with Crippen molar-refractivity contribution < 1.29 is 0 Å². The maximum Gasteiger partial charge on any atom is 0.0346 e. The van der Waals surface area contributed by atoms with Crippen molar-refractivity contribution in [1.82, 2.24) is 4.98 Å². The third kappa shape index (κ3) is 1.42. The van der Waals surface area contributed by atoms with Crippen molar-refractivity contribution in [3.05, 3.63) is 41.7 Å². The molecule has 0 atom stereocenters. The lowest BCUT2D eigenvalue weighted by molar-refractivity contribution is 1.14. The van der Waals surface area contributed by atoms with Gasteiger partial charge in [-0.25, -0.2) is 0 Å². The molecule has 0 radical (unpaired) electrons. The fourth-order valence-corrected chi connectivity index (χ4v) is 1.58. The minimum Gasteiger partial charge on any atom is -0.264 e. The van der Waals surface area contributed by atoms with Gasteiger partial charge in [0.1, 0.15) is 0 Å². The topological polar surface area (TPSA) is 12.9 Å². The Kier molecular flexibility index (Phi) is 2.01. The van der Waals surface area contributed by atoms with Crippen LogP contribution in [0.25, 0.3) is 10.8 Å². The highest BCUT2D eigenvalue weighted by Crippen LogP contribution is 2.18. The molecular weight excluding hydrogens is 158 g/mol. The number of hydrogen-bond donors (Lipinski definition) is 0. The summed E-state index contributed by atoms with van der Waals surface area (Å²) in [6, 6.07) is 6.57. The number of hydrogen-bond acceptors (Lipinski definition) is 1. The van der Waals surface area contributed by atoms with Gasteiger partial charge in [0, 0.05) is 17.8 Å². The van der Waals surface area contributed by atoms with Crippen molar-refractivity contribution in [3.63, 3.8) is 0 Å². The zero-order chi connectivity index (χ0) is 9.26. The Hall–Kier alpha value is -1.37. The van der Waals surface area contributed by atoms with Crippen LogP contribution in [0.2, 0.25) is 0 Å². The second-order valence-corrected chi connectivity index (χ2v) is 3.37. The van der Waals surface area contributed by atoms with Crippen LogP contribution in [0.3, 0.4) is 0 Å². The summed E-state index contributed by atoms with van der Waals surface area (Å²) in [5, 5.41) is 2.56. The van der Waals surface area contributed by atoms with E-state index in [1.54, 1.807) is 0 Å². The number of benzene rings is 1. The minimum absolute atomic E-state index is 1.09. The van der Waals surface area contributed by atoms with E-state index >= 15 is 0 Å². The van der Waals surface area contributed by atoms with Gasteiger partial charge in [-0.05, 0) is 29.9 Å². The zero-order valence-corrected chi connectivity index (χ0v) is 8.04. The summed E-state index contributed by atoms with van der Waals surface area (Å²) in [4.78, 5) is 4.17. The van der Waals surface area contributed by atoms with Gasteiger partial charge >= 0.3 is 0 Å². The van der Waals surface area contributed by atoms with Gasteiger partial charge in [-0.2, -0.15) is 0 Å². The summed E-state index contributed by atoms with van der Waals surface area (Å²) in [6.45, 7) is 4.28. The summed E-state index contributed by atoms with van der Waals surface area (Å²) in [5.74, 6) is 0. The summed E-state index contributed by atoms with van der Waals surface area (Å²) in [7, 11) is 0. The van der Waals surface area contributed by atoms with E-state index in [0.717, 1.165) is 6.42 Å². The van der Waals surface area contributed by atoms with Crippen LogP contribution in [0.15, 0.2) is 30.6 Å². The van der Waals surface area contributed by atoms with Crippen LogP contribution in [0.5, 0.6) is 0 Å². The van der Waals surface area contributed by atoms with Crippen molar-refractivity contribution in [3.8, 4) is 0 Å². The molecule has 0 aliphatic carbocycles. The SMILES string of the molecule is CCc1ccc2cncc(C)c2c1. The van der Waals surface area contributed by atoms with Gasteiger partial charge in [0.2, 0.25) is 0 Å². The van der Waals surface area contributed by atoms with E-state index in [-0.39, 0.29) is 0 Å². The third-order valence-electron chi connectivity index (χ3n) is 2.43. The van der Waals surface area contributed by atoms with Gasteiger partial charge in [-0.3, -0.25) is 4.98 Å². The number of aromatic nitrogens is 1. The highest BCUT2D eigenvalue weighted by atomic mass is 14.6. The molecule has 0 unspecified atom stereocenters. The van der Waals surface area contributed by atoms with Gasteiger partial charge in [-0.15, -0.1) is 0 Å². The van der Waals surface area contributed by atoms with Gasteiger partial charge < -0.3 is 0 Å². The van der Waals surface area contributed by atoms with E-state index in [1.165, 1.54) is 21.9 Å². The molecule has 0 saturated carbocycles. The van der Waals surface area contributed by atoms with Gasteiger partial charge in [0.05, 0.1) is 0 Å². The number of pyridine rings is 1. The first-order chi connectivity index (χ1) is 6.31. The predicted octanol–water partition coefficient (Wildman–Crippen LogP) is 3.11. The van der Waals surface area contributed by atoms with Crippen molar-refractivity contribution in [2.24, 2.45) is 0 Å². The van der Waals surface area contributed by atoms with Crippen LogP contribution in [0.1, 0.15) is 18.1 Å². The second-order valence-electron chi connectivity index (χ2n) is 3.37. The maximum absolute atomic E-state index is 4.17. The van der Waals surface area contributed by atoms with E-state index in [4.69, 9.17) is 0 Å².